The third-order valence-electron chi connectivity index (χ3n) is 6.49. The number of nitriles is 1. The number of aromatic nitrogens is 1. The van der Waals surface area contributed by atoms with Crippen molar-refractivity contribution in [2.75, 3.05) is 32.1 Å². The molecule has 2 heterocycles. The molecule has 1 aromatic heterocycles. The predicted octanol–water partition coefficient (Wildman–Crippen LogP) is 4.22. The number of amides is 2. The van der Waals surface area contributed by atoms with Crippen LogP contribution in [0.2, 0.25) is 0 Å². The summed E-state index contributed by atoms with van der Waals surface area (Å²) < 4.78 is 5.57. The Morgan fingerprint density at radius 1 is 1.25 bits per heavy atom. The number of carbonyl (C=O) groups excluding carboxylic acids is 2. The van der Waals surface area contributed by atoms with Gasteiger partial charge in [-0.1, -0.05) is 24.3 Å². The van der Waals surface area contributed by atoms with Crippen molar-refractivity contribution in [3.63, 3.8) is 0 Å². The van der Waals surface area contributed by atoms with Crippen LogP contribution in [0.15, 0.2) is 48.5 Å². The smallest absolute Gasteiger partial charge is 0.270 e. The maximum atomic E-state index is 13.0. The number of rotatable bonds is 7. The molecule has 1 aliphatic heterocycles. The van der Waals surface area contributed by atoms with Gasteiger partial charge in [-0.2, -0.15) is 5.26 Å². The second-order valence-corrected chi connectivity index (χ2v) is 9.18. The van der Waals surface area contributed by atoms with E-state index in [1.807, 2.05) is 49.4 Å². The number of benzene rings is 2. The fourth-order valence-electron chi connectivity index (χ4n) is 4.47. The van der Waals surface area contributed by atoms with Gasteiger partial charge < -0.3 is 20.3 Å². The number of piperidine rings is 1. The van der Waals surface area contributed by atoms with E-state index in [0.29, 0.717) is 30.2 Å². The fraction of sp³-hybridized carbons (Fsp3) is 0.357. The Kier molecular flexibility index (Phi) is 7.69. The number of anilines is 1. The number of nitrogens with zero attached hydrogens (tertiary/aromatic N) is 3. The number of ether oxygens (including phenoxy) is 1. The fourth-order valence-corrected chi connectivity index (χ4v) is 4.47. The standard InChI is InChI=1S/C28H31N5O3/c1-18(15-29)16-30-27-23-14-21(10-9-20(23)11-12-26(27)36-3)24-7-4-8-25(32-24)28(35)31-22-6-5-13-33(17-22)19(2)34/h4,7-12,14,18,22,30H,5-6,13,16-17H2,1-3H3,(H,31,35)/t18?,22-/m1/s1. The van der Waals surface area contributed by atoms with E-state index in [1.54, 1.807) is 25.0 Å². The lowest BCUT2D eigenvalue weighted by atomic mass is 10.0. The molecule has 2 N–H and O–H groups in total. The number of likely N-dealkylation sites (tertiary alicyclic amines) is 1. The number of carbonyl (C=O) groups is 2. The van der Waals surface area contributed by atoms with Crippen molar-refractivity contribution in [2.45, 2.75) is 32.7 Å². The van der Waals surface area contributed by atoms with Gasteiger partial charge in [0.2, 0.25) is 5.91 Å². The topological polar surface area (TPSA) is 107 Å². The van der Waals surface area contributed by atoms with Crippen molar-refractivity contribution in [3.05, 3.63) is 54.2 Å². The first-order valence-corrected chi connectivity index (χ1v) is 12.2. The van der Waals surface area contributed by atoms with Gasteiger partial charge in [0.25, 0.3) is 5.91 Å². The van der Waals surface area contributed by atoms with Crippen molar-refractivity contribution in [1.29, 1.82) is 5.26 Å². The van der Waals surface area contributed by atoms with Crippen LogP contribution < -0.4 is 15.4 Å². The molecule has 1 aliphatic rings. The molecule has 1 fully saturated rings. The van der Waals surface area contributed by atoms with Gasteiger partial charge in [0.1, 0.15) is 11.4 Å². The first-order chi connectivity index (χ1) is 17.4. The number of hydrogen-bond acceptors (Lipinski definition) is 6. The molecule has 0 spiro atoms. The predicted molar refractivity (Wildman–Crippen MR) is 140 cm³/mol. The Balaban J connectivity index is 1.60. The van der Waals surface area contributed by atoms with Gasteiger partial charge in [-0.05, 0) is 49.4 Å². The average Bonchev–Trinajstić information content (AvgIpc) is 2.91. The molecular formula is C28H31N5O3. The Hall–Kier alpha value is -4.12. The summed E-state index contributed by atoms with van der Waals surface area (Å²) in [6.07, 6.45) is 1.70. The average molecular weight is 486 g/mol. The van der Waals surface area contributed by atoms with E-state index in [2.05, 4.69) is 21.7 Å². The van der Waals surface area contributed by atoms with Gasteiger partial charge in [-0.15, -0.1) is 0 Å². The first kappa shape index (κ1) is 25.0. The van der Waals surface area contributed by atoms with Crippen LogP contribution in [0.3, 0.4) is 0 Å². The summed E-state index contributed by atoms with van der Waals surface area (Å²) in [5.41, 5.74) is 2.69. The quantitative estimate of drug-likeness (QED) is 0.519. The van der Waals surface area contributed by atoms with Gasteiger partial charge in [0, 0.05) is 43.5 Å². The number of hydrogen-bond donors (Lipinski definition) is 2. The van der Waals surface area contributed by atoms with Crippen LogP contribution in [0, 0.1) is 17.2 Å². The van der Waals surface area contributed by atoms with E-state index in [1.165, 1.54) is 0 Å². The van der Waals surface area contributed by atoms with Crippen LogP contribution in [0.5, 0.6) is 5.75 Å². The Bertz CT molecular complexity index is 1320. The second-order valence-electron chi connectivity index (χ2n) is 9.18. The van der Waals surface area contributed by atoms with E-state index in [0.717, 1.165) is 41.4 Å². The van der Waals surface area contributed by atoms with Crippen molar-refractivity contribution in [3.8, 4) is 23.1 Å². The summed E-state index contributed by atoms with van der Waals surface area (Å²) in [5, 5.41) is 17.5. The minimum Gasteiger partial charge on any atom is -0.495 e. The molecule has 8 nitrogen and oxygen atoms in total. The highest BCUT2D eigenvalue weighted by atomic mass is 16.5. The van der Waals surface area contributed by atoms with E-state index in [4.69, 9.17) is 4.74 Å². The highest BCUT2D eigenvalue weighted by molar-refractivity contribution is 5.99. The van der Waals surface area contributed by atoms with Crippen LogP contribution in [0.1, 0.15) is 37.2 Å². The summed E-state index contributed by atoms with van der Waals surface area (Å²) in [6, 6.07) is 17.5. The molecule has 0 aliphatic carbocycles. The van der Waals surface area contributed by atoms with E-state index >= 15 is 0 Å². The van der Waals surface area contributed by atoms with Crippen LogP contribution in [-0.4, -0.2) is 54.5 Å². The largest absolute Gasteiger partial charge is 0.495 e. The van der Waals surface area contributed by atoms with E-state index < -0.39 is 0 Å². The molecule has 36 heavy (non-hydrogen) atoms. The Labute approximate surface area is 211 Å². The number of fused-ring (bicyclic) bond motifs is 1. The van der Waals surface area contributed by atoms with Crippen molar-refractivity contribution < 1.29 is 14.3 Å². The maximum Gasteiger partial charge on any atom is 0.270 e. The summed E-state index contributed by atoms with van der Waals surface area (Å²) in [6.45, 7) is 5.16. The summed E-state index contributed by atoms with van der Waals surface area (Å²) in [7, 11) is 1.62. The molecule has 3 aromatic rings. The van der Waals surface area contributed by atoms with Crippen LogP contribution in [0.25, 0.3) is 22.0 Å². The highest BCUT2D eigenvalue weighted by Gasteiger charge is 2.23. The molecule has 2 aromatic carbocycles. The van der Waals surface area contributed by atoms with Gasteiger partial charge in [-0.3, -0.25) is 9.59 Å². The zero-order valence-electron chi connectivity index (χ0n) is 20.9. The first-order valence-electron chi connectivity index (χ1n) is 12.2. The summed E-state index contributed by atoms with van der Waals surface area (Å²) >= 11 is 0. The van der Waals surface area contributed by atoms with Crippen LogP contribution in [0.4, 0.5) is 5.69 Å². The number of nitrogens with one attached hydrogen (secondary N) is 2. The molecular weight excluding hydrogens is 454 g/mol. The van der Waals surface area contributed by atoms with Gasteiger partial charge in [-0.25, -0.2) is 4.98 Å². The maximum absolute atomic E-state index is 13.0. The van der Waals surface area contributed by atoms with Gasteiger partial charge in [0.05, 0.1) is 30.5 Å². The summed E-state index contributed by atoms with van der Waals surface area (Å²) in [5.74, 6) is 0.315. The molecule has 4 rings (SSSR count). The van der Waals surface area contributed by atoms with Crippen molar-refractivity contribution in [1.82, 2.24) is 15.2 Å². The molecule has 1 saturated heterocycles. The lowest BCUT2D eigenvalue weighted by molar-refractivity contribution is -0.130. The van der Waals surface area contributed by atoms with Gasteiger partial charge >= 0.3 is 0 Å². The van der Waals surface area contributed by atoms with Crippen LogP contribution in [-0.2, 0) is 4.79 Å². The molecule has 186 valence electrons. The number of pyridine rings is 1. The van der Waals surface area contributed by atoms with Crippen molar-refractivity contribution >= 4 is 28.3 Å². The third kappa shape index (κ3) is 5.57. The zero-order valence-corrected chi connectivity index (χ0v) is 20.9. The minimum atomic E-state index is -0.248. The normalized spacial score (nSPS) is 16.2. The highest BCUT2D eigenvalue weighted by Crippen LogP contribution is 2.35. The lowest BCUT2D eigenvalue weighted by Gasteiger charge is -2.32. The minimum absolute atomic E-state index is 0.0259. The molecule has 1 unspecified atom stereocenters. The van der Waals surface area contributed by atoms with Crippen molar-refractivity contribution in [2.24, 2.45) is 5.92 Å². The number of methoxy groups -OCH3 is 1. The molecule has 0 saturated carbocycles. The second kappa shape index (κ2) is 11.1. The Morgan fingerprint density at radius 3 is 2.81 bits per heavy atom. The molecule has 0 radical (unpaired) electrons. The van der Waals surface area contributed by atoms with Gasteiger partial charge in [0.15, 0.2) is 0 Å². The lowest BCUT2D eigenvalue weighted by Crippen LogP contribution is -2.49. The zero-order chi connectivity index (χ0) is 25.7. The molecule has 2 amide bonds. The van der Waals surface area contributed by atoms with Crippen LogP contribution >= 0.6 is 0 Å². The SMILES string of the molecule is COc1ccc2ccc(-c3cccc(C(=O)N[C@@H]4CCCN(C(C)=O)C4)n3)cc2c1NCC(C)C#N. The molecule has 2 atom stereocenters. The monoisotopic (exact) mass is 485 g/mol. The van der Waals surface area contributed by atoms with E-state index in [9.17, 15) is 14.9 Å². The molecule has 0 bridgehead atoms. The summed E-state index contributed by atoms with van der Waals surface area (Å²) in [4.78, 5) is 31.1. The third-order valence-corrected chi connectivity index (χ3v) is 6.49. The Morgan fingerprint density at radius 2 is 2.06 bits per heavy atom. The van der Waals surface area contributed by atoms with E-state index in [-0.39, 0.29) is 23.8 Å². The molecule has 8 heteroatoms.